The monoisotopic (exact) mass is 350 g/mol. The van der Waals surface area contributed by atoms with E-state index >= 15 is 0 Å². The van der Waals surface area contributed by atoms with Crippen LogP contribution in [0, 0.1) is 11.7 Å². The van der Waals surface area contributed by atoms with Crippen molar-refractivity contribution in [2.75, 3.05) is 6.54 Å². The molecule has 1 aliphatic rings. The molecule has 1 N–H and O–H groups in total. The van der Waals surface area contributed by atoms with E-state index in [1.54, 1.807) is 0 Å². The summed E-state index contributed by atoms with van der Waals surface area (Å²) in [5.41, 5.74) is 0. The molecule has 0 saturated heterocycles. The summed E-state index contributed by atoms with van der Waals surface area (Å²) in [6.07, 6.45) is 6.35. The lowest BCUT2D eigenvalue weighted by Crippen LogP contribution is -2.32. The predicted molar refractivity (Wildman–Crippen MR) is 74.1 cm³/mol. The van der Waals surface area contributed by atoms with Gasteiger partial charge in [0.2, 0.25) is 10.0 Å². The number of hydrogen-bond donors (Lipinski definition) is 1. The molecule has 106 valence electrons. The van der Waals surface area contributed by atoms with Crippen molar-refractivity contribution in [3.8, 4) is 0 Å². The Kier molecular flexibility index (Phi) is 4.92. The zero-order chi connectivity index (χ0) is 13.9. The number of sulfonamides is 1. The third kappa shape index (κ3) is 4.22. The van der Waals surface area contributed by atoms with Crippen LogP contribution in [0.5, 0.6) is 0 Å². The molecule has 7 heteroatoms. The largest absolute Gasteiger partial charge is 0.260 e. The highest BCUT2D eigenvalue weighted by Crippen LogP contribution is 2.28. The van der Waals surface area contributed by atoms with Crippen LogP contribution in [0.2, 0.25) is 0 Å². The summed E-state index contributed by atoms with van der Waals surface area (Å²) in [6, 6.07) is 0.976. The Bertz CT molecular complexity index is 538. The van der Waals surface area contributed by atoms with Gasteiger partial charge in [-0.3, -0.25) is 4.98 Å². The van der Waals surface area contributed by atoms with E-state index in [2.05, 4.69) is 25.6 Å². The van der Waals surface area contributed by atoms with Crippen LogP contribution < -0.4 is 4.72 Å². The number of aromatic nitrogens is 1. The van der Waals surface area contributed by atoms with E-state index < -0.39 is 15.8 Å². The Morgan fingerprint density at radius 3 is 2.89 bits per heavy atom. The third-order valence-electron chi connectivity index (χ3n) is 3.27. The Labute approximate surface area is 121 Å². The molecular formula is C12H16BrFN2O2S. The summed E-state index contributed by atoms with van der Waals surface area (Å²) in [5, 5.41) is 0. The second-order valence-corrected chi connectivity index (χ2v) is 7.88. The molecule has 0 aliphatic heterocycles. The molecule has 2 unspecified atom stereocenters. The first-order valence-corrected chi connectivity index (χ1v) is 8.61. The van der Waals surface area contributed by atoms with Gasteiger partial charge in [-0.2, -0.15) is 0 Å². The van der Waals surface area contributed by atoms with Crippen molar-refractivity contribution in [2.24, 2.45) is 5.92 Å². The molecule has 2 rings (SSSR count). The van der Waals surface area contributed by atoms with Crippen molar-refractivity contribution in [3.05, 3.63) is 24.3 Å². The fourth-order valence-corrected chi connectivity index (χ4v) is 4.20. The molecule has 0 amide bonds. The second kappa shape index (κ2) is 6.28. The first-order chi connectivity index (χ1) is 8.97. The van der Waals surface area contributed by atoms with Gasteiger partial charge in [-0.15, -0.1) is 0 Å². The van der Waals surface area contributed by atoms with Crippen LogP contribution in [0.15, 0.2) is 23.4 Å². The molecule has 0 bridgehead atoms. The van der Waals surface area contributed by atoms with Crippen molar-refractivity contribution in [1.29, 1.82) is 0 Å². The van der Waals surface area contributed by atoms with E-state index in [9.17, 15) is 12.8 Å². The quantitative estimate of drug-likeness (QED) is 0.848. The van der Waals surface area contributed by atoms with Gasteiger partial charge in [-0.1, -0.05) is 22.4 Å². The molecule has 1 aromatic rings. The van der Waals surface area contributed by atoms with E-state index in [0.717, 1.165) is 44.1 Å². The lowest BCUT2D eigenvalue weighted by atomic mass is 9.89. The average molecular weight is 351 g/mol. The standard InChI is InChI=1S/C12H16BrFN2O2S/c13-10-3-1-2-9(4-10)6-16-19(17,18)12-5-11(14)7-15-8-12/h5,7-10,16H,1-4,6H2. The van der Waals surface area contributed by atoms with Gasteiger partial charge in [0.15, 0.2) is 0 Å². The molecule has 0 radical (unpaired) electrons. The van der Waals surface area contributed by atoms with Gasteiger partial charge < -0.3 is 0 Å². The molecule has 1 saturated carbocycles. The van der Waals surface area contributed by atoms with Crippen molar-refractivity contribution >= 4 is 26.0 Å². The minimum Gasteiger partial charge on any atom is -0.260 e. The molecule has 1 fully saturated rings. The summed E-state index contributed by atoms with van der Waals surface area (Å²) in [4.78, 5) is 3.89. The Balaban J connectivity index is 1.98. The van der Waals surface area contributed by atoms with Gasteiger partial charge in [0.05, 0.1) is 6.20 Å². The summed E-state index contributed by atoms with van der Waals surface area (Å²) >= 11 is 3.57. The molecule has 2 atom stereocenters. The lowest BCUT2D eigenvalue weighted by molar-refractivity contribution is 0.368. The summed E-state index contributed by atoms with van der Waals surface area (Å²) < 4.78 is 39.5. The van der Waals surface area contributed by atoms with E-state index in [4.69, 9.17) is 0 Å². The Morgan fingerprint density at radius 2 is 2.21 bits per heavy atom. The van der Waals surface area contributed by atoms with Crippen LogP contribution in [-0.2, 0) is 10.0 Å². The van der Waals surface area contributed by atoms with Gasteiger partial charge in [-0.05, 0) is 31.2 Å². The molecule has 19 heavy (non-hydrogen) atoms. The molecular weight excluding hydrogens is 335 g/mol. The maximum atomic E-state index is 13.0. The zero-order valence-corrected chi connectivity index (χ0v) is 12.8. The number of rotatable bonds is 4. The van der Waals surface area contributed by atoms with Crippen molar-refractivity contribution in [3.63, 3.8) is 0 Å². The molecule has 1 aromatic heterocycles. The summed E-state index contributed by atoms with van der Waals surface area (Å²) in [7, 11) is -3.67. The Morgan fingerprint density at radius 1 is 1.42 bits per heavy atom. The Hall–Kier alpha value is -0.530. The molecule has 1 aliphatic carbocycles. The van der Waals surface area contributed by atoms with Gasteiger partial charge in [-0.25, -0.2) is 17.5 Å². The van der Waals surface area contributed by atoms with Gasteiger partial charge in [0.25, 0.3) is 0 Å². The van der Waals surface area contributed by atoms with Gasteiger partial charge in [0, 0.05) is 17.6 Å². The SMILES string of the molecule is O=S(=O)(NCC1CCCC(Br)C1)c1cncc(F)c1. The smallest absolute Gasteiger partial charge is 0.242 e. The molecule has 4 nitrogen and oxygen atoms in total. The van der Waals surface area contributed by atoms with Crippen LogP contribution in [0.25, 0.3) is 0 Å². The van der Waals surface area contributed by atoms with E-state index in [1.807, 2.05) is 0 Å². The highest BCUT2D eigenvalue weighted by molar-refractivity contribution is 9.09. The zero-order valence-electron chi connectivity index (χ0n) is 10.4. The highest BCUT2D eigenvalue weighted by atomic mass is 79.9. The number of pyridine rings is 1. The number of halogens is 2. The van der Waals surface area contributed by atoms with Crippen molar-refractivity contribution < 1.29 is 12.8 Å². The topological polar surface area (TPSA) is 59.1 Å². The highest BCUT2D eigenvalue weighted by Gasteiger charge is 2.22. The van der Waals surface area contributed by atoms with Crippen LogP contribution in [-0.4, -0.2) is 24.8 Å². The number of alkyl halides is 1. The maximum absolute atomic E-state index is 13.0. The molecule has 0 spiro atoms. The van der Waals surface area contributed by atoms with Crippen LogP contribution in [0.3, 0.4) is 0 Å². The van der Waals surface area contributed by atoms with Crippen molar-refractivity contribution in [1.82, 2.24) is 9.71 Å². The number of nitrogens with one attached hydrogen (secondary N) is 1. The van der Waals surface area contributed by atoms with Crippen molar-refractivity contribution in [2.45, 2.75) is 35.4 Å². The van der Waals surface area contributed by atoms with Crippen LogP contribution in [0.4, 0.5) is 4.39 Å². The van der Waals surface area contributed by atoms with E-state index in [1.165, 1.54) is 0 Å². The summed E-state index contributed by atoms with van der Waals surface area (Å²) in [5.74, 6) is -0.324. The first kappa shape index (κ1) is 14.9. The van der Waals surface area contributed by atoms with Crippen LogP contribution >= 0.6 is 15.9 Å². The van der Waals surface area contributed by atoms with Crippen LogP contribution in [0.1, 0.15) is 25.7 Å². The maximum Gasteiger partial charge on any atom is 0.242 e. The second-order valence-electron chi connectivity index (χ2n) is 4.82. The van der Waals surface area contributed by atoms with Gasteiger partial charge in [0.1, 0.15) is 10.7 Å². The predicted octanol–water partition coefficient (Wildman–Crippen LogP) is 2.45. The van der Waals surface area contributed by atoms with E-state index in [0.29, 0.717) is 17.3 Å². The minimum absolute atomic E-state index is 0.126. The lowest BCUT2D eigenvalue weighted by Gasteiger charge is -2.25. The fraction of sp³-hybridized carbons (Fsp3) is 0.583. The normalized spacial score (nSPS) is 24.3. The number of hydrogen-bond acceptors (Lipinski definition) is 3. The fourth-order valence-electron chi connectivity index (χ4n) is 2.26. The average Bonchev–Trinajstić information content (AvgIpc) is 2.37. The first-order valence-electron chi connectivity index (χ1n) is 6.21. The summed E-state index contributed by atoms with van der Waals surface area (Å²) in [6.45, 7) is 0.390. The minimum atomic E-state index is -3.67. The molecule has 1 heterocycles. The number of nitrogens with zero attached hydrogens (tertiary/aromatic N) is 1. The van der Waals surface area contributed by atoms with Gasteiger partial charge >= 0.3 is 0 Å². The van der Waals surface area contributed by atoms with E-state index in [-0.39, 0.29) is 4.90 Å². The molecule has 0 aromatic carbocycles. The third-order valence-corrected chi connectivity index (χ3v) is 5.49.